The molecule has 2 aromatic carbocycles. The van der Waals surface area contributed by atoms with Gasteiger partial charge in [0.25, 0.3) is 11.7 Å². The van der Waals surface area contributed by atoms with Crippen LogP contribution in [0.2, 0.25) is 0 Å². The molecule has 1 amide bonds. The fraction of sp³-hybridized carbons (Fsp3) is 0.276. The van der Waals surface area contributed by atoms with Crippen LogP contribution in [0.5, 0.6) is 5.75 Å². The van der Waals surface area contributed by atoms with E-state index in [0.717, 1.165) is 19.3 Å². The Labute approximate surface area is 205 Å². The summed E-state index contributed by atoms with van der Waals surface area (Å²) in [6.45, 7) is 5.96. The van der Waals surface area contributed by atoms with E-state index in [-0.39, 0.29) is 17.4 Å². The van der Waals surface area contributed by atoms with Crippen molar-refractivity contribution >= 4 is 23.1 Å². The molecule has 35 heavy (non-hydrogen) atoms. The number of carbonyl (C=O) groups is 2. The van der Waals surface area contributed by atoms with Gasteiger partial charge in [-0.25, -0.2) is 0 Å². The van der Waals surface area contributed by atoms with Gasteiger partial charge < -0.3 is 9.84 Å². The molecule has 0 saturated carbocycles. The second kappa shape index (κ2) is 10.6. The largest absolute Gasteiger partial charge is 0.507 e. The van der Waals surface area contributed by atoms with Gasteiger partial charge >= 0.3 is 0 Å². The van der Waals surface area contributed by atoms with E-state index in [4.69, 9.17) is 4.74 Å². The van der Waals surface area contributed by atoms with Gasteiger partial charge in [-0.15, -0.1) is 0 Å². The van der Waals surface area contributed by atoms with Crippen LogP contribution in [0.1, 0.15) is 56.5 Å². The quantitative estimate of drug-likeness (QED) is 0.254. The molecule has 6 nitrogen and oxygen atoms in total. The summed E-state index contributed by atoms with van der Waals surface area (Å²) < 4.78 is 5.75. The molecule has 1 N–H and O–H groups in total. The van der Waals surface area contributed by atoms with E-state index < -0.39 is 17.7 Å². The molecule has 0 bridgehead atoms. The van der Waals surface area contributed by atoms with E-state index >= 15 is 0 Å². The van der Waals surface area contributed by atoms with E-state index in [0.29, 0.717) is 22.7 Å². The summed E-state index contributed by atoms with van der Waals surface area (Å²) in [4.78, 5) is 32.4. The summed E-state index contributed by atoms with van der Waals surface area (Å²) in [5, 5.41) is 11.3. The Morgan fingerprint density at radius 1 is 1.06 bits per heavy atom. The zero-order chi connectivity index (χ0) is 24.9. The number of rotatable bonds is 8. The second-order valence-electron chi connectivity index (χ2n) is 8.89. The molecule has 1 aliphatic rings. The zero-order valence-electron chi connectivity index (χ0n) is 20.3. The van der Waals surface area contributed by atoms with Crippen LogP contribution >= 0.6 is 0 Å². The molecular weight excluding hydrogens is 440 g/mol. The smallest absolute Gasteiger partial charge is 0.300 e. The van der Waals surface area contributed by atoms with E-state index in [2.05, 4.69) is 11.9 Å². The van der Waals surface area contributed by atoms with Gasteiger partial charge in [0.1, 0.15) is 17.6 Å². The predicted octanol–water partition coefficient (Wildman–Crippen LogP) is 5.84. The van der Waals surface area contributed by atoms with Crippen molar-refractivity contribution in [1.82, 2.24) is 4.98 Å². The van der Waals surface area contributed by atoms with E-state index in [1.807, 2.05) is 38.1 Å². The highest BCUT2D eigenvalue weighted by Gasteiger charge is 2.47. The maximum absolute atomic E-state index is 13.3. The van der Waals surface area contributed by atoms with Crippen molar-refractivity contribution in [1.29, 1.82) is 0 Å². The van der Waals surface area contributed by atoms with E-state index in [1.165, 1.54) is 10.5 Å². The molecule has 1 saturated heterocycles. The number of Topliss-reactive ketones (excluding diaryl/α,β-unsaturated/α-hetero) is 1. The Hall–Kier alpha value is -3.93. The summed E-state index contributed by atoms with van der Waals surface area (Å²) in [5.41, 5.74) is 2.66. The number of hydrogen-bond donors (Lipinski definition) is 1. The molecule has 0 radical (unpaired) electrons. The van der Waals surface area contributed by atoms with Crippen LogP contribution in [0.4, 0.5) is 5.69 Å². The van der Waals surface area contributed by atoms with Crippen molar-refractivity contribution < 1.29 is 19.4 Å². The van der Waals surface area contributed by atoms with Gasteiger partial charge in [0.15, 0.2) is 0 Å². The summed E-state index contributed by atoms with van der Waals surface area (Å²) >= 11 is 0. The number of nitrogens with zero attached hydrogens (tertiary/aromatic N) is 2. The Morgan fingerprint density at radius 2 is 1.83 bits per heavy atom. The molecule has 180 valence electrons. The molecule has 3 aromatic rings. The third kappa shape index (κ3) is 5.11. The molecule has 1 unspecified atom stereocenters. The molecule has 2 heterocycles. The zero-order valence-corrected chi connectivity index (χ0v) is 20.3. The normalized spacial score (nSPS) is 17.3. The number of ketones is 1. The van der Waals surface area contributed by atoms with Crippen LogP contribution in [-0.2, 0) is 16.0 Å². The average molecular weight is 471 g/mol. The standard InChI is InChI=1S/C29H30N2O4/c1-4-5-9-20-13-15-22(16-14-20)31-26(24-12-6-7-17-30-24)25(28(33)29(31)34)27(32)21-10-8-11-23(18-21)35-19(2)3/h6-8,10-19,26,32H,4-5,9H2,1-3H3/b27-25-. The van der Waals surface area contributed by atoms with Gasteiger partial charge in [0.2, 0.25) is 0 Å². The number of aromatic nitrogens is 1. The van der Waals surface area contributed by atoms with Crippen LogP contribution in [0.15, 0.2) is 78.5 Å². The van der Waals surface area contributed by atoms with E-state index in [1.54, 1.807) is 48.7 Å². The predicted molar refractivity (Wildman–Crippen MR) is 136 cm³/mol. The monoisotopic (exact) mass is 470 g/mol. The number of ether oxygens (including phenoxy) is 1. The lowest BCUT2D eigenvalue weighted by molar-refractivity contribution is -0.132. The number of anilines is 1. The van der Waals surface area contributed by atoms with Crippen LogP contribution in [0, 0.1) is 0 Å². The van der Waals surface area contributed by atoms with Crippen molar-refractivity contribution in [3.8, 4) is 5.75 Å². The Bertz CT molecular complexity index is 1230. The van der Waals surface area contributed by atoms with Gasteiger partial charge in [-0.1, -0.05) is 43.7 Å². The third-order valence-corrected chi connectivity index (χ3v) is 5.93. The van der Waals surface area contributed by atoms with Gasteiger partial charge in [-0.05, 0) is 68.7 Å². The molecule has 1 aromatic heterocycles. The van der Waals surface area contributed by atoms with Crippen molar-refractivity contribution in [2.24, 2.45) is 0 Å². The summed E-state index contributed by atoms with van der Waals surface area (Å²) in [6.07, 6.45) is 4.69. The van der Waals surface area contributed by atoms with Gasteiger partial charge in [-0.3, -0.25) is 19.5 Å². The third-order valence-electron chi connectivity index (χ3n) is 5.93. The van der Waals surface area contributed by atoms with E-state index in [9.17, 15) is 14.7 Å². The lowest BCUT2D eigenvalue weighted by Gasteiger charge is -2.24. The highest BCUT2D eigenvalue weighted by atomic mass is 16.5. The molecule has 4 rings (SSSR count). The number of benzene rings is 2. The van der Waals surface area contributed by atoms with Crippen molar-refractivity contribution in [2.45, 2.75) is 52.2 Å². The fourth-order valence-electron chi connectivity index (χ4n) is 4.26. The lowest BCUT2D eigenvalue weighted by Crippen LogP contribution is -2.29. The first-order valence-corrected chi connectivity index (χ1v) is 12.0. The van der Waals surface area contributed by atoms with Crippen LogP contribution < -0.4 is 9.64 Å². The number of aliphatic hydroxyl groups is 1. The molecule has 0 spiro atoms. The maximum atomic E-state index is 13.3. The summed E-state index contributed by atoms with van der Waals surface area (Å²) in [7, 11) is 0. The first-order valence-electron chi connectivity index (χ1n) is 12.0. The molecule has 1 fully saturated rings. The average Bonchev–Trinajstić information content (AvgIpc) is 3.13. The number of pyridine rings is 1. The molecule has 1 atom stereocenters. The van der Waals surface area contributed by atoms with Crippen molar-refractivity contribution in [3.63, 3.8) is 0 Å². The topological polar surface area (TPSA) is 79.7 Å². The SMILES string of the molecule is CCCCc1ccc(N2C(=O)C(=O)/C(=C(\O)c3cccc(OC(C)C)c3)C2c2ccccn2)cc1. The minimum Gasteiger partial charge on any atom is -0.507 e. The Morgan fingerprint density at radius 3 is 2.49 bits per heavy atom. The van der Waals surface area contributed by atoms with Crippen molar-refractivity contribution in [2.75, 3.05) is 4.90 Å². The number of unbranched alkanes of at least 4 members (excludes halogenated alkanes) is 1. The number of amides is 1. The van der Waals surface area contributed by atoms with Crippen LogP contribution in [-0.4, -0.2) is 27.9 Å². The number of aryl methyl sites for hydroxylation is 1. The van der Waals surface area contributed by atoms with Crippen LogP contribution in [0.3, 0.4) is 0 Å². The highest BCUT2D eigenvalue weighted by molar-refractivity contribution is 6.51. The minimum absolute atomic E-state index is 0.00505. The number of aliphatic hydroxyl groups excluding tert-OH is 1. The Kier molecular flexibility index (Phi) is 7.30. The molecule has 6 heteroatoms. The molecule has 0 aliphatic carbocycles. The summed E-state index contributed by atoms with van der Waals surface area (Å²) in [5.74, 6) is -1.13. The number of hydrogen-bond acceptors (Lipinski definition) is 5. The maximum Gasteiger partial charge on any atom is 0.300 e. The second-order valence-corrected chi connectivity index (χ2v) is 8.89. The first-order chi connectivity index (χ1) is 16.9. The number of carbonyl (C=O) groups excluding carboxylic acids is 2. The minimum atomic E-state index is -0.854. The van der Waals surface area contributed by atoms with Gasteiger partial charge in [0, 0.05) is 17.4 Å². The van der Waals surface area contributed by atoms with Crippen LogP contribution in [0.25, 0.3) is 5.76 Å². The van der Waals surface area contributed by atoms with Crippen molar-refractivity contribution in [3.05, 3.63) is 95.3 Å². The van der Waals surface area contributed by atoms with Gasteiger partial charge in [0.05, 0.1) is 17.4 Å². The fourth-order valence-corrected chi connectivity index (χ4v) is 4.26. The van der Waals surface area contributed by atoms with Gasteiger partial charge in [-0.2, -0.15) is 0 Å². The Balaban J connectivity index is 1.81. The molecular formula is C29H30N2O4. The summed E-state index contributed by atoms with van der Waals surface area (Å²) in [6, 6.07) is 19.0. The highest BCUT2D eigenvalue weighted by Crippen LogP contribution is 2.41. The lowest BCUT2D eigenvalue weighted by atomic mass is 9.98. The molecule has 1 aliphatic heterocycles. The first kappa shape index (κ1) is 24.2.